The number of rotatable bonds is 36. The molecule has 0 aliphatic heterocycles. The van der Waals surface area contributed by atoms with E-state index in [0.29, 0.717) is 48.7 Å². The van der Waals surface area contributed by atoms with Crippen LogP contribution in [0.2, 0.25) is 0 Å². The highest BCUT2D eigenvalue weighted by atomic mass is 16.6. The highest BCUT2D eigenvalue weighted by Gasteiger charge is 2.26. The Labute approximate surface area is 496 Å². The number of unbranched alkanes of at least 4 members (excludes halogenated alkanes) is 4. The molecule has 0 spiro atoms. The molecule has 16 nitrogen and oxygen atoms in total. The molecule has 5 rings (SSSR count). The fourth-order valence-corrected chi connectivity index (χ4v) is 9.80. The quantitative estimate of drug-likeness (QED) is 0.0127. The van der Waals surface area contributed by atoms with E-state index in [4.69, 9.17) is 37.9 Å². The van der Waals surface area contributed by atoms with E-state index in [2.05, 4.69) is 103 Å². The van der Waals surface area contributed by atoms with Crippen LogP contribution in [0.5, 0.6) is 23.0 Å². The Hall–Kier alpha value is -7.24. The first-order valence-corrected chi connectivity index (χ1v) is 29.5. The van der Waals surface area contributed by atoms with Gasteiger partial charge in [-0.3, -0.25) is 0 Å². The third kappa shape index (κ3) is 20.5. The van der Waals surface area contributed by atoms with Gasteiger partial charge in [0.05, 0.1) is 48.7 Å². The van der Waals surface area contributed by atoms with Crippen LogP contribution in [0.25, 0.3) is 0 Å². The monoisotopic (exact) mass is 1160 g/mol. The van der Waals surface area contributed by atoms with Crippen molar-refractivity contribution in [1.82, 2.24) is 0 Å². The van der Waals surface area contributed by atoms with E-state index >= 15 is 0 Å². The molecule has 4 N–H and O–H groups in total. The number of hydrogen-bond acceptors (Lipinski definition) is 16. The highest BCUT2D eigenvalue weighted by molar-refractivity contribution is 5.89. The van der Waals surface area contributed by atoms with Gasteiger partial charge in [-0.1, -0.05) is 128 Å². The summed E-state index contributed by atoms with van der Waals surface area (Å²) >= 11 is 0. The first kappa shape index (κ1) is 67.5. The average Bonchev–Trinajstić information content (AvgIpc) is 3.03. The molecule has 0 amide bonds. The molecule has 456 valence electrons. The van der Waals surface area contributed by atoms with Gasteiger partial charge in [-0.25, -0.2) is 19.2 Å². The zero-order chi connectivity index (χ0) is 61.0. The molecule has 4 aromatic carbocycles. The zero-order valence-corrected chi connectivity index (χ0v) is 49.9. The molecule has 0 fully saturated rings. The standard InChI is InChI=1S/C68H88O16/c1-9-13-17-49-29-53-37-55-31-50(18-14-10-2)33-57(62(55)78-22-26-82-66(74)46(6)42-70)39-59-35-52(20-16-12-4)36-60(64(59)80-24-28-84-68(76)48(8)44-72)40-58-34-51(19-15-11-3)32-56(63(58)79-23-27-83-67(75)47(7)43-71)38-54(30-49)61(53)77-21-25-81-65(73)45(5)41-69/h29-36,69-72H,5-28,37-44H2,1-4H3. The molecular formula is C68H88O16. The van der Waals surface area contributed by atoms with E-state index in [1.54, 1.807) is 0 Å². The lowest BCUT2D eigenvalue weighted by Gasteiger charge is -2.25. The summed E-state index contributed by atoms with van der Waals surface area (Å²) in [4.78, 5) is 51.0. The van der Waals surface area contributed by atoms with Crippen molar-refractivity contribution in [3.8, 4) is 23.0 Å². The minimum atomic E-state index is -0.740. The third-order valence-corrected chi connectivity index (χ3v) is 14.2. The second-order valence-corrected chi connectivity index (χ2v) is 21.1. The number of carbonyl (C=O) groups is 4. The van der Waals surface area contributed by atoms with Crippen molar-refractivity contribution in [1.29, 1.82) is 0 Å². The normalized spacial score (nSPS) is 11.7. The first-order valence-electron chi connectivity index (χ1n) is 29.5. The van der Waals surface area contributed by atoms with Crippen LogP contribution < -0.4 is 18.9 Å². The number of ether oxygens (including phenoxy) is 8. The summed E-state index contributed by atoms with van der Waals surface area (Å²) in [5.74, 6) is -0.701. The molecule has 0 aromatic heterocycles. The number of aryl methyl sites for hydroxylation is 4. The number of fused-ring (bicyclic) bond motifs is 8. The van der Waals surface area contributed by atoms with Gasteiger partial charge in [0.2, 0.25) is 0 Å². The van der Waals surface area contributed by atoms with Gasteiger partial charge in [-0.2, -0.15) is 0 Å². The van der Waals surface area contributed by atoms with Gasteiger partial charge >= 0.3 is 23.9 Å². The van der Waals surface area contributed by atoms with Gasteiger partial charge in [0, 0.05) is 25.7 Å². The highest BCUT2D eigenvalue weighted by Crippen LogP contribution is 2.42. The fraction of sp³-hybridized carbons (Fsp3) is 0.471. The molecule has 16 heteroatoms. The lowest BCUT2D eigenvalue weighted by atomic mass is 9.87. The fourth-order valence-electron chi connectivity index (χ4n) is 9.80. The van der Waals surface area contributed by atoms with E-state index in [0.717, 1.165) is 144 Å². The predicted molar refractivity (Wildman–Crippen MR) is 322 cm³/mol. The number of aliphatic hydroxyl groups excluding tert-OH is 4. The van der Waals surface area contributed by atoms with Crippen LogP contribution in [-0.2, 0) is 89.5 Å². The Balaban J connectivity index is 1.90. The van der Waals surface area contributed by atoms with Crippen molar-refractivity contribution in [2.75, 3.05) is 79.3 Å². The number of esters is 4. The van der Waals surface area contributed by atoms with E-state index in [9.17, 15) is 39.6 Å². The van der Waals surface area contributed by atoms with Crippen LogP contribution in [-0.4, -0.2) is 124 Å². The van der Waals surface area contributed by atoms with Crippen molar-refractivity contribution in [2.45, 2.75) is 130 Å². The SMILES string of the molecule is C=C(CO)C(=O)OCCOc1c2cc(CCCC)cc1Cc1cc(CCCC)cc(c1OCCOC(=O)C(=C)CO)Cc1cc(CCCC)cc(c1OCCOC(=O)C(=C)CO)Cc1cc(CCCC)cc(c1OCCOC(=O)C(=C)CO)C2. The van der Waals surface area contributed by atoms with E-state index in [1.165, 1.54) is 0 Å². The summed E-state index contributed by atoms with van der Waals surface area (Å²) in [6.45, 7) is 20.1. The summed E-state index contributed by atoms with van der Waals surface area (Å²) in [6.07, 6.45) is 11.7. The van der Waals surface area contributed by atoms with Crippen molar-refractivity contribution in [2.24, 2.45) is 0 Å². The van der Waals surface area contributed by atoms with Crippen molar-refractivity contribution < 1.29 is 77.5 Å². The second kappa shape index (κ2) is 35.8. The number of aliphatic hydroxyl groups is 4. The Bertz CT molecular complexity index is 2430. The maximum atomic E-state index is 12.8. The molecule has 84 heavy (non-hydrogen) atoms. The van der Waals surface area contributed by atoms with E-state index in [-0.39, 0.29) is 75.1 Å². The van der Waals surface area contributed by atoms with Gasteiger partial charge in [0.15, 0.2) is 0 Å². The van der Waals surface area contributed by atoms with Crippen LogP contribution in [0.3, 0.4) is 0 Å². The Morgan fingerprint density at radius 3 is 0.667 bits per heavy atom. The molecule has 0 radical (unpaired) electrons. The van der Waals surface area contributed by atoms with Gasteiger partial charge in [-0.15, -0.1) is 0 Å². The Morgan fingerprint density at radius 1 is 0.333 bits per heavy atom. The minimum Gasteiger partial charge on any atom is -0.489 e. The average molecular weight is 1160 g/mol. The maximum Gasteiger partial charge on any atom is 0.335 e. The number of carbonyl (C=O) groups excluding carboxylic acids is 4. The van der Waals surface area contributed by atoms with Gasteiger partial charge in [-0.05, 0) is 118 Å². The summed E-state index contributed by atoms with van der Waals surface area (Å²) in [7, 11) is 0. The molecule has 4 aromatic rings. The lowest BCUT2D eigenvalue weighted by molar-refractivity contribution is -0.141. The smallest absolute Gasteiger partial charge is 0.335 e. The largest absolute Gasteiger partial charge is 0.489 e. The summed E-state index contributed by atoms with van der Waals surface area (Å²) in [6, 6.07) is 17.3. The van der Waals surface area contributed by atoms with E-state index < -0.39 is 50.3 Å². The number of hydrogen-bond donors (Lipinski definition) is 4. The molecule has 0 saturated heterocycles. The summed E-state index contributed by atoms with van der Waals surface area (Å²) in [5, 5.41) is 38.5. The molecule has 1 aliphatic rings. The molecule has 0 saturated carbocycles. The van der Waals surface area contributed by atoms with Crippen molar-refractivity contribution in [3.05, 3.63) is 164 Å². The lowest BCUT2D eigenvalue weighted by Crippen LogP contribution is -2.18. The van der Waals surface area contributed by atoms with Gasteiger partial charge in [0.1, 0.15) is 75.9 Å². The summed E-state index contributed by atoms with van der Waals surface area (Å²) < 4.78 is 49.5. The summed E-state index contributed by atoms with van der Waals surface area (Å²) in [5.41, 5.74) is 10.6. The topological polar surface area (TPSA) is 223 Å². The van der Waals surface area contributed by atoms with Gasteiger partial charge in [0.25, 0.3) is 0 Å². The third-order valence-electron chi connectivity index (χ3n) is 14.2. The van der Waals surface area contributed by atoms with Crippen molar-refractivity contribution >= 4 is 23.9 Å². The minimum absolute atomic E-state index is 0.0444. The van der Waals surface area contributed by atoms with Crippen LogP contribution in [0.4, 0.5) is 0 Å². The van der Waals surface area contributed by atoms with Gasteiger partial charge < -0.3 is 58.3 Å². The second-order valence-electron chi connectivity index (χ2n) is 21.1. The van der Waals surface area contributed by atoms with E-state index in [1.807, 2.05) is 0 Å². The van der Waals surface area contributed by atoms with Crippen LogP contribution >= 0.6 is 0 Å². The maximum absolute atomic E-state index is 12.8. The van der Waals surface area contributed by atoms with Crippen molar-refractivity contribution in [3.63, 3.8) is 0 Å². The number of benzene rings is 4. The Morgan fingerprint density at radius 2 is 0.512 bits per heavy atom. The molecular weight excluding hydrogens is 1070 g/mol. The predicted octanol–water partition coefficient (Wildman–Crippen LogP) is 9.62. The molecule has 1 aliphatic carbocycles. The zero-order valence-electron chi connectivity index (χ0n) is 49.9. The molecule has 8 bridgehead atoms. The first-order chi connectivity index (χ1) is 40.6. The van der Waals surface area contributed by atoms with Crippen LogP contribution in [0, 0.1) is 0 Å². The molecule has 0 heterocycles. The molecule has 0 unspecified atom stereocenters. The molecule has 0 atom stereocenters. The Kier molecular flexibility index (Phi) is 28.8. The van der Waals surface area contributed by atoms with Crippen LogP contribution in [0.15, 0.2) is 97.1 Å². The van der Waals surface area contributed by atoms with Crippen LogP contribution in [0.1, 0.15) is 146 Å².